The third-order valence-corrected chi connectivity index (χ3v) is 3.87. The summed E-state index contributed by atoms with van der Waals surface area (Å²) >= 11 is 0. The molecule has 1 aromatic heterocycles. The number of hydrogen-bond donors (Lipinski definition) is 2. The predicted octanol–water partition coefficient (Wildman–Crippen LogP) is 4.72. The molecule has 0 amide bonds. The fraction of sp³-hybridized carbons (Fsp3) is 0.238. The van der Waals surface area contributed by atoms with Crippen molar-refractivity contribution in [3.05, 3.63) is 54.6 Å². The van der Waals surface area contributed by atoms with Gasteiger partial charge >= 0.3 is 0 Å². The molecule has 2 N–H and O–H groups in total. The lowest BCUT2D eigenvalue weighted by Crippen LogP contribution is -2.13. The van der Waals surface area contributed by atoms with Crippen LogP contribution in [-0.4, -0.2) is 30.2 Å². The molecule has 0 aliphatic carbocycles. The summed E-state index contributed by atoms with van der Waals surface area (Å²) in [6, 6.07) is 17.8. The number of hydrogen-bond acceptors (Lipinski definition) is 6. The summed E-state index contributed by atoms with van der Waals surface area (Å²) in [5.41, 5.74) is 2.72. The first-order valence-corrected chi connectivity index (χ1v) is 8.79. The van der Waals surface area contributed by atoms with Gasteiger partial charge in [-0.1, -0.05) is 30.3 Å². The second-order valence-electron chi connectivity index (χ2n) is 6.32. The summed E-state index contributed by atoms with van der Waals surface area (Å²) in [5.74, 6) is 2.60. The summed E-state index contributed by atoms with van der Waals surface area (Å²) in [5, 5.41) is 6.60. The number of aromatic nitrogens is 2. The normalized spacial score (nSPS) is 10.6. The van der Waals surface area contributed by atoms with Crippen LogP contribution in [0, 0.1) is 0 Å². The van der Waals surface area contributed by atoms with Crippen LogP contribution in [0.5, 0.6) is 11.5 Å². The van der Waals surface area contributed by atoms with E-state index in [1.54, 1.807) is 14.2 Å². The van der Waals surface area contributed by atoms with Crippen LogP contribution in [0.3, 0.4) is 0 Å². The van der Waals surface area contributed by atoms with E-state index in [2.05, 4.69) is 34.4 Å². The van der Waals surface area contributed by atoms with Crippen molar-refractivity contribution in [1.82, 2.24) is 9.97 Å². The minimum atomic E-state index is 0.227. The van der Waals surface area contributed by atoms with Crippen LogP contribution in [0.2, 0.25) is 0 Å². The molecule has 6 heteroatoms. The molecule has 0 radical (unpaired) electrons. The molecule has 0 aliphatic heterocycles. The maximum atomic E-state index is 5.37. The summed E-state index contributed by atoms with van der Waals surface area (Å²) in [4.78, 5) is 9.23. The van der Waals surface area contributed by atoms with Crippen molar-refractivity contribution >= 4 is 17.5 Å². The van der Waals surface area contributed by atoms with Crippen LogP contribution in [0.25, 0.3) is 11.3 Å². The lowest BCUT2D eigenvalue weighted by Gasteiger charge is -2.14. The van der Waals surface area contributed by atoms with E-state index in [1.807, 2.05) is 54.6 Å². The number of benzene rings is 2. The van der Waals surface area contributed by atoms with Crippen molar-refractivity contribution in [1.29, 1.82) is 0 Å². The minimum absolute atomic E-state index is 0.227. The highest BCUT2D eigenvalue weighted by atomic mass is 16.5. The third-order valence-electron chi connectivity index (χ3n) is 3.87. The van der Waals surface area contributed by atoms with Gasteiger partial charge in [0.1, 0.15) is 5.82 Å². The van der Waals surface area contributed by atoms with Crippen LogP contribution in [0.4, 0.5) is 17.5 Å². The summed E-state index contributed by atoms with van der Waals surface area (Å²) in [6.45, 7) is 4.11. The summed E-state index contributed by atoms with van der Waals surface area (Å²) in [6.07, 6.45) is 0. The van der Waals surface area contributed by atoms with Crippen LogP contribution >= 0.6 is 0 Å². The van der Waals surface area contributed by atoms with Crippen LogP contribution in [0.15, 0.2) is 54.6 Å². The van der Waals surface area contributed by atoms with E-state index < -0.39 is 0 Å². The largest absolute Gasteiger partial charge is 0.493 e. The van der Waals surface area contributed by atoms with Crippen LogP contribution < -0.4 is 20.1 Å². The molecule has 140 valence electrons. The van der Waals surface area contributed by atoms with Crippen LogP contribution in [-0.2, 0) is 0 Å². The van der Waals surface area contributed by atoms with E-state index in [9.17, 15) is 0 Å². The van der Waals surface area contributed by atoms with E-state index >= 15 is 0 Å². The van der Waals surface area contributed by atoms with Gasteiger partial charge in [0.25, 0.3) is 0 Å². The van der Waals surface area contributed by atoms with E-state index in [4.69, 9.17) is 9.47 Å². The Hall–Kier alpha value is -3.28. The number of methoxy groups -OCH3 is 2. The fourth-order valence-electron chi connectivity index (χ4n) is 2.65. The van der Waals surface area contributed by atoms with Gasteiger partial charge < -0.3 is 20.1 Å². The molecule has 3 rings (SSSR count). The van der Waals surface area contributed by atoms with Gasteiger partial charge in [0.2, 0.25) is 5.95 Å². The molecule has 0 aliphatic rings. The Morgan fingerprint density at radius 3 is 2.26 bits per heavy atom. The molecule has 3 aromatic rings. The number of nitrogens with one attached hydrogen (secondary N) is 2. The number of anilines is 3. The Bertz CT molecular complexity index is 898. The molecule has 2 aromatic carbocycles. The van der Waals surface area contributed by atoms with Gasteiger partial charge in [0.15, 0.2) is 11.5 Å². The molecule has 0 bridgehead atoms. The van der Waals surface area contributed by atoms with Gasteiger partial charge in [-0.3, -0.25) is 0 Å². The maximum Gasteiger partial charge on any atom is 0.225 e. The Morgan fingerprint density at radius 2 is 1.59 bits per heavy atom. The third kappa shape index (κ3) is 4.67. The topological polar surface area (TPSA) is 68.3 Å². The molecule has 0 saturated carbocycles. The molecular formula is C21H24N4O2. The number of ether oxygens (including phenoxy) is 2. The van der Waals surface area contributed by atoms with Crippen molar-refractivity contribution in [2.75, 3.05) is 24.9 Å². The molecule has 0 saturated heterocycles. The van der Waals surface area contributed by atoms with Gasteiger partial charge in [-0.2, -0.15) is 4.98 Å². The van der Waals surface area contributed by atoms with Gasteiger partial charge in [-0.05, 0) is 26.0 Å². The molecule has 0 atom stereocenters. The van der Waals surface area contributed by atoms with Crippen molar-refractivity contribution in [2.45, 2.75) is 19.9 Å². The van der Waals surface area contributed by atoms with Crippen molar-refractivity contribution < 1.29 is 9.47 Å². The second kappa shape index (κ2) is 8.40. The van der Waals surface area contributed by atoms with Crippen LogP contribution in [0.1, 0.15) is 13.8 Å². The smallest absolute Gasteiger partial charge is 0.225 e. The number of nitrogens with zero attached hydrogens (tertiary/aromatic N) is 2. The molecular weight excluding hydrogens is 340 g/mol. The molecule has 0 fully saturated rings. The molecule has 1 heterocycles. The quantitative estimate of drug-likeness (QED) is 0.632. The zero-order chi connectivity index (χ0) is 19.2. The minimum Gasteiger partial charge on any atom is -0.493 e. The van der Waals surface area contributed by atoms with E-state index in [0.29, 0.717) is 23.3 Å². The zero-order valence-corrected chi connectivity index (χ0v) is 16.0. The van der Waals surface area contributed by atoms with Crippen molar-refractivity contribution in [3.63, 3.8) is 0 Å². The molecule has 6 nitrogen and oxygen atoms in total. The Balaban J connectivity index is 1.96. The molecule has 27 heavy (non-hydrogen) atoms. The lowest BCUT2D eigenvalue weighted by molar-refractivity contribution is 0.355. The average molecular weight is 364 g/mol. The highest BCUT2D eigenvalue weighted by molar-refractivity contribution is 5.68. The van der Waals surface area contributed by atoms with Crippen molar-refractivity contribution in [3.8, 4) is 22.8 Å². The Kier molecular flexibility index (Phi) is 5.76. The predicted molar refractivity (Wildman–Crippen MR) is 109 cm³/mol. The Morgan fingerprint density at radius 1 is 0.852 bits per heavy atom. The highest BCUT2D eigenvalue weighted by Gasteiger charge is 2.10. The first kappa shape index (κ1) is 18.5. The average Bonchev–Trinajstić information content (AvgIpc) is 2.68. The SMILES string of the molecule is COc1ccc(Nc2cc(-c3ccccc3)nc(NC(C)C)n2)cc1OC. The second-order valence-corrected chi connectivity index (χ2v) is 6.32. The van der Waals surface area contributed by atoms with Gasteiger partial charge in [0, 0.05) is 29.4 Å². The first-order valence-electron chi connectivity index (χ1n) is 8.79. The van der Waals surface area contributed by atoms with E-state index in [0.717, 1.165) is 16.9 Å². The van der Waals surface area contributed by atoms with Crippen molar-refractivity contribution in [2.24, 2.45) is 0 Å². The summed E-state index contributed by atoms with van der Waals surface area (Å²) < 4.78 is 10.7. The number of rotatable bonds is 7. The monoisotopic (exact) mass is 364 g/mol. The van der Waals surface area contributed by atoms with Gasteiger partial charge in [0.05, 0.1) is 19.9 Å². The maximum absolute atomic E-state index is 5.37. The molecule has 0 unspecified atom stereocenters. The van der Waals surface area contributed by atoms with E-state index in [1.165, 1.54) is 0 Å². The standard InChI is InChI=1S/C21H24N4O2/c1-14(2)22-21-24-17(15-8-6-5-7-9-15)13-20(25-21)23-16-10-11-18(26-3)19(12-16)27-4/h5-14H,1-4H3,(H2,22,23,24,25). The van der Waals surface area contributed by atoms with Gasteiger partial charge in [-0.15, -0.1) is 0 Å². The first-order chi connectivity index (χ1) is 13.1. The van der Waals surface area contributed by atoms with E-state index in [-0.39, 0.29) is 6.04 Å². The van der Waals surface area contributed by atoms with Gasteiger partial charge in [-0.25, -0.2) is 4.98 Å². The lowest BCUT2D eigenvalue weighted by atomic mass is 10.1. The summed E-state index contributed by atoms with van der Waals surface area (Å²) in [7, 11) is 3.23. The highest BCUT2D eigenvalue weighted by Crippen LogP contribution is 2.31. The Labute approximate surface area is 159 Å². The zero-order valence-electron chi connectivity index (χ0n) is 16.0. The fourth-order valence-corrected chi connectivity index (χ4v) is 2.65. The molecule has 0 spiro atoms.